The number of rotatable bonds is 3. The van der Waals surface area contributed by atoms with Crippen LogP contribution in [0.4, 0.5) is 4.39 Å². The summed E-state index contributed by atoms with van der Waals surface area (Å²) in [5.41, 5.74) is 3.14. The highest BCUT2D eigenvalue weighted by Gasteiger charge is 2.11. The zero-order valence-electron chi connectivity index (χ0n) is 9.98. The molecule has 0 fully saturated rings. The van der Waals surface area contributed by atoms with Crippen molar-refractivity contribution < 1.29 is 14.3 Å². The van der Waals surface area contributed by atoms with Crippen LogP contribution in [0.1, 0.15) is 11.1 Å². The molecule has 0 amide bonds. The number of halogens is 1. The van der Waals surface area contributed by atoms with Gasteiger partial charge in [-0.1, -0.05) is 30.3 Å². The maximum absolute atomic E-state index is 13.4. The molecule has 2 aromatic carbocycles. The van der Waals surface area contributed by atoms with Gasteiger partial charge in [-0.3, -0.25) is 4.79 Å². The fraction of sp³-hybridized carbons (Fsp3) is 0.133. The Labute approximate surface area is 105 Å². The van der Waals surface area contributed by atoms with Crippen LogP contribution < -0.4 is 0 Å². The summed E-state index contributed by atoms with van der Waals surface area (Å²) in [5.74, 6) is -1.28. The highest BCUT2D eigenvalue weighted by molar-refractivity contribution is 5.77. The van der Waals surface area contributed by atoms with Crippen LogP contribution in [0.3, 0.4) is 0 Å². The minimum Gasteiger partial charge on any atom is -0.481 e. The molecular weight excluding hydrogens is 231 g/mol. The first-order valence-electron chi connectivity index (χ1n) is 5.64. The maximum Gasteiger partial charge on any atom is 0.307 e. The van der Waals surface area contributed by atoms with Gasteiger partial charge in [-0.2, -0.15) is 0 Å². The van der Waals surface area contributed by atoms with E-state index in [1.807, 2.05) is 31.2 Å². The average Bonchev–Trinajstić information content (AvgIpc) is 2.32. The summed E-state index contributed by atoms with van der Waals surface area (Å²) in [6.07, 6.45) is -0.107. The predicted octanol–water partition coefficient (Wildman–Crippen LogP) is 3.43. The van der Waals surface area contributed by atoms with Crippen LogP contribution in [0.15, 0.2) is 42.5 Å². The van der Waals surface area contributed by atoms with Crippen molar-refractivity contribution in [2.24, 2.45) is 0 Å². The van der Waals surface area contributed by atoms with Crippen LogP contribution in [0, 0.1) is 12.7 Å². The summed E-state index contributed by atoms with van der Waals surface area (Å²) in [6.45, 7) is 1.92. The minimum atomic E-state index is -0.920. The fourth-order valence-corrected chi connectivity index (χ4v) is 1.99. The van der Waals surface area contributed by atoms with Crippen LogP contribution >= 0.6 is 0 Å². The van der Waals surface area contributed by atoms with E-state index in [1.54, 1.807) is 0 Å². The van der Waals surface area contributed by atoms with E-state index in [0.29, 0.717) is 11.1 Å². The van der Waals surface area contributed by atoms with E-state index >= 15 is 0 Å². The number of aryl methyl sites for hydroxylation is 1. The Morgan fingerprint density at radius 3 is 2.56 bits per heavy atom. The van der Waals surface area contributed by atoms with E-state index in [9.17, 15) is 9.18 Å². The molecule has 92 valence electrons. The Morgan fingerprint density at radius 2 is 1.89 bits per heavy atom. The SMILES string of the molecule is Cc1ccccc1-c1cc(F)ccc1CC(=O)O. The van der Waals surface area contributed by atoms with Gasteiger partial charge >= 0.3 is 5.97 Å². The first kappa shape index (κ1) is 12.3. The van der Waals surface area contributed by atoms with E-state index in [-0.39, 0.29) is 12.2 Å². The average molecular weight is 244 g/mol. The van der Waals surface area contributed by atoms with Crippen molar-refractivity contribution in [3.8, 4) is 11.1 Å². The number of carboxylic acids is 1. The molecule has 0 heterocycles. The largest absolute Gasteiger partial charge is 0.481 e. The van der Waals surface area contributed by atoms with Crippen molar-refractivity contribution in [2.45, 2.75) is 13.3 Å². The summed E-state index contributed by atoms with van der Waals surface area (Å²) in [7, 11) is 0. The highest BCUT2D eigenvalue weighted by Crippen LogP contribution is 2.28. The van der Waals surface area contributed by atoms with Gasteiger partial charge in [-0.05, 0) is 41.3 Å². The molecule has 1 N–H and O–H groups in total. The second-order valence-corrected chi connectivity index (χ2v) is 4.19. The fourth-order valence-electron chi connectivity index (χ4n) is 1.99. The summed E-state index contributed by atoms with van der Waals surface area (Å²) in [4.78, 5) is 10.8. The van der Waals surface area contributed by atoms with Gasteiger partial charge in [0, 0.05) is 0 Å². The molecule has 0 saturated carbocycles. The Kier molecular flexibility index (Phi) is 3.42. The molecule has 2 rings (SSSR count). The van der Waals surface area contributed by atoms with Gasteiger partial charge in [-0.15, -0.1) is 0 Å². The monoisotopic (exact) mass is 244 g/mol. The third-order valence-electron chi connectivity index (χ3n) is 2.85. The number of hydrogen-bond acceptors (Lipinski definition) is 1. The van der Waals surface area contributed by atoms with Gasteiger partial charge in [0.1, 0.15) is 5.82 Å². The Morgan fingerprint density at radius 1 is 1.17 bits per heavy atom. The molecule has 0 saturated heterocycles. The third-order valence-corrected chi connectivity index (χ3v) is 2.85. The van der Waals surface area contributed by atoms with Gasteiger partial charge in [0.2, 0.25) is 0 Å². The highest BCUT2D eigenvalue weighted by atomic mass is 19.1. The van der Waals surface area contributed by atoms with Crippen LogP contribution in [0.2, 0.25) is 0 Å². The predicted molar refractivity (Wildman–Crippen MR) is 67.9 cm³/mol. The molecule has 0 unspecified atom stereocenters. The van der Waals surface area contributed by atoms with Gasteiger partial charge in [0.15, 0.2) is 0 Å². The van der Waals surface area contributed by atoms with Crippen LogP contribution in [0.25, 0.3) is 11.1 Å². The smallest absolute Gasteiger partial charge is 0.307 e. The van der Waals surface area contributed by atoms with Crippen molar-refractivity contribution in [2.75, 3.05) is 0 Å². The number of benzene rings is 2. The molecule has 2 nitrogen and oxygen atoms in total. The van der Waals surface area contributed by atoms with Crippen LogP contribution in [0.5, 0.6) is 0 Å². The lowest BCUT2D eigenvalue weighted by Gasteiger charge is -2.11. The molecule has 0 radical (unpaired) electrons. The molecule has 0 spiro atoms. The zero-order chi connectivity index (χ0) is 13.1. The molecule has 0 aromatic heterocycles. The summed E-state index contributed by atoms with van der Waals surface area (Å²) in [6, 6.07) is 11.8. The van der Waals surface area contributed by atoms with E-state index in [0.717, 1.165) is 11.1 Å². The second-order valence-electron chi connectivity index (χ2n) is 4.19. The van der Waals surface area contributed by atoms with E-state index in [4.69, 9.17) is 5.11 Å². The lowest BCUT2D eigenvalue weighted by atomic mass is 9.94. The third kappa shape index (κ3) is 2.56. The lowest BCUT2D eigenvalue weighted by molar-refractivity contribution is -0.136. The maximum atomic E-state index is 13.4. The van der Waals surface area contributed by atoms with Crippen molar-refractivity contribution in [1.82, 2.24) is 0 Å². The first-order valence-corrected chi connectivity index (χ1v) is 5.64. The molecular formula is C15H13FO2. The van der Waals surface area contributed by atoms with Crippen molar-refractivity contribution >= 4 is 5.97 Å². The molecule has 0 atom stereocenters. The molecule has 3 heteroatoms. The van der Waals surface area contributed by atoms with Gasteiger partial charge < -0.3 is 5.11 Å². The summed E-state index contributed by atoms with van der Waals surface area (Å²) < 4.78 is 13.4. The topological polar surface area (TPSA) is 37.3 Å². The minimum absolute atomic E-state index is 0.107. The van der Waals surface area contributed by atoms with Crippen molar-refractivity contribution in [1.29, 1.82) is 0 Å². The lowest BCUT2D eigenvalue weighted by Crippen LogP contribution is -2.02. The number of aliphatic carboxylic acids is 1. The standard InChI is InChI=1S/C15H13FO2/c1-10-4-2-3-5-13(10)14-9-12(16)7-6-11(14)8-15(17)18/h2-7,9H,8H2,1H3,(H,17,18). The Hall–Kier alpha value is -2.16. The van der Waals surface area contributed by atoms with Crippen molar-refractivity contribution in [3.63, 3.8) is 0 Å². The van der Waals surface area contributed by atoms with Gasteiger partial charge in [0.05, 0.1) is 6.42 Å². The summed E-state index contributed by atoms with van der Waals surface area (Å²) >= 11 is 0. The molecule has 18 heavy (non-hydrogen) atoms. The van der Waals surface area contributed by atoms with Crippen LogP contribution in [-0.4, -0.2) is 11.1 Å². The quantitative estimate of drug-likeness (QED) is 0.898. The van der Waals surface area contributed by atoms with E-state index in [1.165, 1.54) is 18.2 Å². The van der Waals surface area contributed by atoms with Gasteiger partial charge in [-0.25, -0.2) is 4.39 Å². The van der Waals surface area contributed by atoms with Crippen LogP contribution in [-0.2, 0) is 11.2 Å². The number of carboxylic acid groups (broad SMARTS) is 1. The van der Waals surface area contributed by atoms with E-state index < -0.39 is 5.97 Å². The van der Waals surface area contributed by atoms with Gasteiger partial charge in [0.25, 0.3) is 0 Å². The van der Waals surface area contributed by atoms with E-state index in [2.05, 4.69) is 0 Å². The number of carbonyl (C=O) groups is 1. The van der Waals surface area contributed by atoms with Crippen molar-refractivity contribution in [3.05, 3.63) is 59.4 Å². The molecule has 0 bridgehead atoms. The molecule has 0 aliphatic carbocycles. The Balaban J connectivity index is 2.58. The second kappa shape index (κ2) is 5.00. The first-order chi connectivity index (χ1) is 8.58. The zero-order valence-corrected chi connectivity index (χ0v) is 9.98. The molecule has 0 aliphatic rings. The summed E-state index contributed by atoms with van der Waals surface area (Å²) in [5, 5.41) is 8.88. The Bertz CT molecular complexity index is 591. The molecule has 0 aliphatic heterocycles. The molecule has 2 aromatic rings. The normalized spacial score (nSPS) is 10.3. The number of hydrogen-bond donors (Lipinski definition) is 1.